The SMILES string of the molecule is O=C1Nc2ccc(Br)cc2C1n1cccc1. The van der Waals surface area contributed by atoms with Gasteiger partial charge in [0.05, 0.1) is 0 Å². The highest BCUT2D eigenvalue weighted by Crippen LogP contribution is 2.35. The van der Waals surface area contributed by atoms with E-state index in [2.05, 4.69) is 21.2 Å². The van der Waals surface area contributed by atoms with Crippen LogP contribution in [0.2, 0.25) is 0 Å². The zero-order valence-corrected chi connectivity index (χ0v) is 9.94. The number of carbonyl (C=O) groups is 1. The maximum Gasteiger partial charge on any atom is 0.252 e. The van der Waals surface area contributed by atoms with Gasteiger partial charge in [-0.05, 0) is 30.3 Å². The fourth-order valence-electron chi connectivity index (χ4n) is 2.03. The number of anilines is 1. The van der Waals surface area contributed by atoms with Crippen LogP contribution < -0.4 is 5.32 Å². The standard InChI is InChI=1S/C12H9BrN2O/c13-8-3-4-10-9(7-8)11(12(16)14-10)15-5-1-2-6-15/h1-7,11H,(H,14,16). The minimum Gasteiger partial charge on any atom is -0.338 e. The Hall–Kier alpha value is -1.55. The minimum absolute atomic E-state index is 0.0179. The van der Waals surface area contributed by atoms with Gasteiger partial charge in [-0.3, -0.25) is 4.79 Å². The third-order valence-electron chi connectivity index (χ3n) is 2.74. The van der Waals surface area contributed by atoms with E-state index in [0.717, 1.165) is 15.7 Å². The average molecular weight is 277 g/mol. The largest absolute Gasteiger partial charge is 0.338 e. The molecule has 1 N–H and O–H groups in total. The Morgan fingerprint density at radius 1 is 1.25 bits per heavy atom. The van der Waals surface area contributed by atoms with E-state index in [4.69, 9.17) is 0 Å². The van der Waals surface area contributed by atoms with E-state index >= 15 is 0 Å². The number of amides is 1. The molecule has 0 spiro atoms. The van der Waals surface area contributed by atoms with Crippen molar-refractivity contribution in [3.05, 3.63) is 52.8 Å². The first-order valence-electron chi connectivity index (χ1n) is 4.98. The van der Waals surface area contributed by atoms with Crippen molar-refractivity contribution in [2.45, 2.75) is 6.04 Å². The summed E-state index contributed by atoms with van der Waals surface area (Å²) in [4.78, 5) is 11.9. The third-order valence-corrected chi connectivity index (χ3v) is 3.23. The number of aromatic nitrogens is 1. The van der Waals surface area contributed by atoms with Crippen LogP contribution in [0.1, 0.15) is 11.6 Å². The second-order valence-electron chi connectivity index (χ2n) is 3.75. The first kappa shape index (κ1) is 9.66. The summed E-state index contributed by atoms with van der Waals surface area (Å²) in [5.74, 6) is 0.0179. The van der Waals surface area contributed by atoms with Crippen molar-refractivity contribution < 1.29 is 4.79 Å². The molecule has 0 bridgehead atoms. The predicted octanol–water partition coefficient (Wildman–Crippen LogP) is 2.79. The van der Waals surface area contributed by atoms with Crippen LogP contribution in [0.4, 0.5) is 5.69 Å². The molecule has 0 aliphatic carbocycles. The molecule has 2 heterocycles. The second kappa shape index (κ2) is 3.49. The molecule has 4 heteroatoms. The summed E-state index contributed by atoms with van der Waals surface area (Å²) < 4.78 is 2.90. The molecule has 1 aliphatic heterocycles. The summed E-state index contributed by atoms with van der Waals surface area (Å²) in [6.07, 6.45) is 3.81. The Morgan fingerprint density at radius 2 is 2.00 bits per heavy atom. The molecule has 3 rings (SSSR count). The van der Waals surface area contributed by atoms with Gasteiger partial charge in [0.2, 0.25) is 0 Å². The summed E-state index contributed by atoms with van der Waals surface area (Å²) in [7, 11) is 0. The van der Waals surface area contributed by atoms with E-state index < -0.39 is 0 Å². The molecule has 80 valence electrons. The first-order chi connectivity index (χ1) is 7.75. The fourth-order valence-corrected chi connectivity index (χ4v) is 2.41. The van der Waals surface area contributed by atoms with Gasteiger partial charge in [-0.1, -0.05) is 15.9 Å². The number of fused-ring (bicyclic) bond motifs is 1. The molecule has 0 radical (unpaired) electrons. The Labute approximate surface area is 101 Å². The Kier molecular flexibility index (Phi) is 2.11. The molecule has 1 amide bonds. The van der Waals surface area contributed by atoms with Crippen molar-refractivity contribution in [3.8, 4) is 0 Å². The van der Waals surface area contributed by atoms with Crippen LogP contribution in [0.3, 0.4) is 0 Å². The van der Waals surface area contributed by atoms with Crippen LogP contribution >= 0.6 is 15.9 Å². The lowest BCUT2D eigenvalue weighted by Crippen LogP contribution is -2.18. The van der Waals surface area contributed by atoms with Gasteiger partial charge < -0.3 is 9.88 Å². The highest BCUT2D eigenvalue weighted by molar-refractivity contribution is 9.10. The molecule has 3 nitrogen and oxygen atoms in total. The average Bonchev–Trinajstić information content (AvgIpc) is 2.83. The van der Waals surface area contributed by atoms with Gasteiger partial charge in [-0.2, -0.15) is 0 Å². The van der Waals surface area contributed by atoms with E-state index in [1.165, 1.54) is 0 Å². The van der Waals surface area contributed by atoms with Gasteiger partial charge in [0.15, 0.2) is 0 Å². The number of nitrogens with one attached hydrogen (secondary N) is 1. The van der Waals surface area contributed by atoms with Crippen LogP contribution in [-0.4, -0.2) is 10.5 Å². The molecular weight excluding hydrogens is 268 g/mol. The highest BCUT2D eigenvalue weighted by Gasteiger charge is 2.31. The number of hydrogen-bond donors (Lipinski definition) is 1. The second-order valence-corrected chi connectivity index (χ2v) is 4.67. The summed E-state index contributed by atoms with van der Waals surface area (Å²) in [5.41, 5.74) is 1.91. The lowest BCUT2D eigenvalue weighted by atomic mass is 10.1. The lowest BCUT2D eigenvalue weighted by molar-refractivity contribution is -0.117. The molecule has 1 aromatic heterocycles. The normalized spacial score (nSPS) is 18.3. The number of benzene rings is 1. The van der Waals surface area contributed by atoms with E-state index in [1.54, 1.807) is 0 Å². The maximum absolute atomic E-state index is 11.9. The quantitative estimate of drug-likeness (QED) is 0.854. The van der Waals surface area contributed by atoms with Gasteiger partial charge in [0.25, 0.3) is 5.91 Å². The minimum atomic E-state index is -0.248. The number of halogens is 1. The molecule has 1 atom stereocenters. The molecule has 1 aliphatic rings. The third kappa shape index (κ3) is 1.38. The van der Waals surface area contributed by atoms with Gasteiger partial charge in [0, 0.05) is 28.1 Å². The van der Waals surface area contributed by atoms with E-state index in [0.29, 0.717) is 0 Å². The first-order valence-corrected chi connectivity index (χ1v) is 5.78. The van der Waals surface area contributed by atoms with E-state index in [1.807, 2.05) is 47.3 Å². The van der Waals surface area contributed by atoms with Crippen LogP contribution in [0.15, 0.2) is 47.2 Å². The predicted molar refractivity (Wildman–Crippen MR) is 65.3 cm³/mol. The Bertz CT molecular complexity index is 548. The zero-order chi connectivity index (χ0) is 11.1. The van der Waals surface area contributed by atoms with Crippen molar-refractivity contribution in [3.63, 3.8) is 0 Å². The van der Waals surface area contributed by atoms with Crippen molar-refractivity contribution in [2.24, 2.45) is 0 Å². The molecule has 0 saturated carbocycles. The van der Waals surface area contributed by atoms with Gasteiger partial charge in [0.1, 0.15) is 6.04 Å². The van der Waals surface area contributed by atoms with Crippen molar-refractivity contribution in [2.75, 3.05) is 5.32 Å². The summed E-state index contributed by atoms with van der Waals surface area (Å²) in [6.45, 7) is 0. The zero-order valence-electron chi connectivity index (χ0n) is 8.35. The van der Waals surface area contributed by atoms with Gasteiger partial charge >= 0.3 is 0 Å². The van der Waals surface area contributed by atoms with Crippen molar-refractivity contribution in [1.29, 1.82) is 0 Å². The van der Waals surface area contributed by atoms with Gasteiger partial charge in [-0.25, -0.2) is 0 Å². The number of nitrogens with zero attached hydrogens (tertiary/aromatic N) is 1. The molecule has 0 fully saturated rings. The number of rotatable bonds is 1. The maximum atomic E-state index is 11.9. The molecule has 1 unspecified atom stereocenters. The summed E-state index contributed by atoms with van der Waals surface area (Å²) >= 11 is 3.43. The number of carbonyl (C=O) groups excluding carboxylic acids is 1. The van der Waals surface area contributed by atoms with Crippen LogP contribution in [-0.2, 0) is 4.79 Å². The van der Waals surface area contributed by atoms with Crippen molar-refractivity contribution >= 4 is 27.5 Å². The molecule has 1 aromatic carbocycles. The molecule has 2 aromatic rings. The highest BCUT2D eigenvalue weighted by atomic mass is 79.9. The van der Waals surface area contributed by atoms with Crippen molar-refractivity contribution in [1.82, 2.24) is 4.57 Å². The molecule has 16 heavy (non-hydrogen) atoms. The smallest absolute Gasteiger partial charge is 0.252 e. The van der Waals surface area contributed by atoms with Crippen LogP contribution in [0.5, 0.6) is 0 Å². The van der Waals surface area contributed by atoms with Crippen LogP contribution in [0.25, 0.3) is 0 Å². The van der Waals surface area contributed by atoms with Crippen LogP contribution in [0, 0.1) is 0 Å². The lowest BCUT2D eigenvalue weighted by Gasteiger charge is -2.10. The molecule has 0 saturated heterocycles. The fraction of sp³-hybridized carbons (Fsp3) is 0.0833. The Morgan fingerprint density at radius 3 is 2.75 bits per heavy atom. The van der Waals surface area contributed by atoms with E-state index in [9.17, 15) is 4.79 Å². The molecular formula is C12H9BrN2O. The van der Waals surface area contributed by atoms with E-state index in [-0.39, 0.29) is 11.9 Å². The summed E-state index contributed by atoms with van der Waals surface area (Å²) in [5, 5.41) is 2.88. The summed E-state index contributed by atoms with van der Waals surface area (Å²) in [6, 6.07) is 9.42. The van der Waals surface area contributed by atoms with Gasteiger partial charge in [-0.15, -0.1) is 0 Å². The number of hydrogen-bond acceptors (Lipinski definition) is 1. The monoisotopic (exact) mass is 276 g/mol. The Balaban J connectivity index is 2.15. The topological polar surface area (TPSA) is 34.0 Å².